The van der Waals surface area contributed by atoms with E-state index in [1.807, 2.05) is 12.1 Å². The Hall–Kier alpha value is -10.1. The van der Waals surface area contributed by atoms with Crippen LogP contribution in [0.1, 0.15) is 33.6 Å². The van der Waals surface area contributed by atoms with Gasteiger partial charge in [0, 0.05) is 16.7 Å². The van der Waals surface area contributed by atoms with E-state index in [-0.39, 0.29) is 44.1 Å². The lowest BCUT2D eigenvalue weighted by Crippen LogP contribution is -2.26. The van der Waals surface area contributed by atoms with Crippen LogP contribution in [-0.2, 0) is 0 Å². The highest BCUT2D eigenvalue weighted by molar-refractivity contribution is 5.81. The minimum Gasteiger partial charge on any atom is -0.239 e. The van der Waals surface area contributed by atoms with Gasteiger partial charge in [-0.1, -0.05) is 12.1 Å². The molecule has 6 aromatic rings. The first-order valence-corrected chi connectivity index (χ1v) is 18.7. The first kappa shape index (κ1) is 43.2. The molecule has 0 N–H and O–H groups in total. The van der Waals surface area contributed by atoms with Gasteiger partial charge in [0.15, 0.2) is 81.5 Å². The number of para-hydroxylation sites is 2. The molecule has 4 heterocycles. The molecule has 9 rings (SSSR count). The van der Waals surface area contributed by atoms with Crippen molar-refractivity contribution in [2.75, 3.05) is 0 Å². The highest BCUT2D eigenvalue weighted by atomic mass is 19.2. The summed E-state index contributed by atoms with van der Waals surface area (Å²) in [7, 11) is 0. The predicted octanol–water partition coefficient (Wildman–Crippen LogP) is 5.65. The van der Waals surface area contributed by atoms with Gasteiger partial charge in [-0.15, -0.1) is 0 Å². The lowest BCUT2D eigenvalue weighted by Gasteiger charge is -2.10. The zero-order valence-corrected chi connectivity index (χ0v) is 33.3. The Morgan fingerprint density at radius 1 is 0.485 bits per heavy atom. The number of hydrogen-bond acceptors (Lipinski definition) is 12. The number of fused-ring (bicyclic) bond motifs is 3. The Morgan fingerprint density at radius 3 is 1.38 bits per heavy atom. The third-order valence-electron chi connectivity index (χ3n) is 10.3. The molecule has 5 aromatic carbocycles. The SMILES string of the molecule is [C-]#[N+]C(=C1N=c2ccccc2=N1)c1nc(-c2ccc3c(c2C#N)=N/C(=C(\[N+]#[C-])c2c(F)c(F)c(C)c(F)c2F)N=3)nc(-c2ccc3c(c2C#N)=N/C(=C(\C#N)c2c(F)c(F)c(F)c(F)c2F)N=3)n1. The summed E-state index contributed by atoms with van der Waals surface area (Å²) < 4.78 is 132. The smallest absolute Gasteiger partial charge is 0.239 e. The first-order valence-electron chi connectivity index (χ1n) is 18.7. The van der Waals surface area contributed by atoms with E-state index in [1.54, 1.807) is 24.3 Å². The van der Waals surface area contributed by atoms with Crippen molar-refractivity contribution in [2.24, 2.45) is 30.0 Å². The van der Waals surface area contributed by atoms with Gasteiger partial charge in [-0.05, 0) is 43.3 Å². The molecule has 1 aromatic heterocycles. The summed E-state index contributed by atoms with van der Waals surface area (Å²) in [6.45, 7) is 16.5. The van der Waals surface area contributed by atoms with Crippen molar-refractivity contribution >= 4 is 17.0 Å². The summed E-state index contributed by atoms with van der Waals surface area (Å²) in [5.74, 6) is -22.3. The molecule has 3 aliphatic heterocycles. The molecule has 0 amide bonds. The van der Waals surface area contributed by atoms with Gasteiger partial charge in [-0.2, -0.15) is 15.8 Å². The van der Waals surface area contributed by atoms with Crippen LogP contribution in [0.3, 0.4) is 0 Å². The van der Waals surface area contributed by atoms with E-state index < -0.39 is 121 Å². The topological polar surface area (TPSA) is 193 Å². The minimum absolute atomic E-state index is 0.155. The van der Waals surface area contributed by atoms with Crippen LogP contribution in [0.15, 0.2) is 95.9 Å². The highest BCUT2D eigenvalue weighted by Crippen LogP contribution is 2.34. The van der Waals surface area contributed by atoms with Crippen LogP contribution in [0.25, 0.3) is 49.4 Å². The van der Waals surface area contributed by atoms with Gasteiger partial charge in [0.25, 0.3) is 5.70 Å². The van der Waals surface area contributed by atoms with Crippen molar-refractivity contribution in [1.82, 2.24) is 15.0 Å². The molecule has 324 valence electrons. The van der Waals surface area contributed by atoms with Gasteiger partial charge in [0.05, 0.1) is 56.8 Å². The Balaban J connectivity index is 1.29. The zero-order chi connectivity index (χ0) is 48.5. The number of aromatic nitrogens is 3. The van der Waals surface area contributed by atoms with Crippen LogP contribution >= 0.6 is 0 Å². The van der Waals surface area contributed by atoms with Gasteiger partial charge >= 0.3 is 0 Å². The largest absolute Gasteiger partial charge is 0.274 e. The van der Waals surface area contributed by atoms with E-state index >= 15 is 8.78 Å². The fourth-order valence-corrected chi connectivity index (χ4v) is 7.02. The predicted molar refractivity (Wildman–Crippen MR) is 210 cm³/mol. The number of nitriles is 3. The standard InChI is InChI=1S/C45H11F9N14/c1-15-27(46)31(50)26(32(51)28(15)47)38(58-2)43-63-24-11-9-17(19(13-56)37(24)65-43)41-66-40(67-45(68-41)39(59-3)44-60-21-6-4-5-7-22(21)61-44)16-8-10-23-36(18(16)12-55)64-42(62-23)20(14-57)25-29(48)33(52)35(54)34(53)30(25)49/h4-11H,1H3/b42-20+,43-38-. The molecular formula is C45H11F9N14. The molecule has 0 bridgehead atoms. The van der Waals surface area contributed by atoms with Crippen LogP contribution in [0.5, 0.6) is 0 Å². The van der Waals surface area contributed by atoms with Gasteiger partial charge in [-0.25, -0.2) is 94.1 Å². The monoisotopic (exact) mass is 918 g/mol. The van der Waals surface area contributed by atoms with E-state index in [4.69, 9.17) is 13.1 Å². The van der Waals surface area contributed by atoms with E-state index in [1.165, 1.54) is 30.3 Å². The molecule has 0 saturated heterocycles. The van der Waals surface area contributed by atoms with Crippen LogP contribution in [0.2, 0.25) is 0 Å². The van der Waals surface area contributed by atoms with E-state index in [0.29, 0.717) is 10.7 Å². The maximum atomic E-state index is 15.1. The molecule has 3 aliphatic rings. The minimum atomic E-state index is -2.48. The van der Waals surface area contributed by atoms with Crippen molar-refractivity contribution in [3.8, 4) is 41.0 Å². The van der Waals surface area contributed by atoms with Crippen molar-refractivity contribution in [3.63, 3.8) is 0 Å². The van der Waals surface area contributed by atoms with Crippen molar-refractivity contribution < 1.29 is 39.5 Å². The number of allylic oxidation sites excluding steroid dienone is 1. The van der Waals surface area contributed by atoms with Crippen molar-refractivity contribution in [2.45, 2.75) is 6.92 Å². The summed E-state index contributed by atoms with van der Waals surface area (Å²) in [6, 6.07) is 16.5. The van der Waals surface area contributed by atoms with Crippen LogP contribution in [-0.4, -0.2) is 15.0 Å². The van der Waals surface area contributed by atoms with Crippen LogP contribution in [0, 0.1) is 106 Å². The normalized spacial score (nSPS) is 14.1. The average Bonchev–Trinajstić information content (AvgIpc) is 4.11. The van der Waals surface area contributed by atoms with E-state index in [0.717, 1.165) is 6.92 Å². The third-order valence-corrected chi connectivity index (χ3v) is 10.3. The summed E-state index contributed by atoms with van der Waals surface area (Å²) in [5, 5.41) is 30.6. The molecule has 0 atom stereocenters. The average molecular weight is 919 g/mol. The number of nitrogens with zero attached hydrogens (tertiary/aromatic N) is 14. The summed E-state index contributed by atoms with van der Waals surface area (Å²) in [4.78, 5) is 45.1. The third kappa shape index (κ3) is 6.52. The molecule has 14 nitrogen and oxygen atoms in total. The Kier molecular flexibility index (Phi) is 10.3. The van der Waals surface area contributed by atoms with Gasteiger partial charge < -0.3 is 0 Å². The Morgan fingerprint density at radius 2 is 0.912 bits per heavy atom. The Labute approximate surface area is 371 Å². The molecule has 0 unspecified atom stereocenters. The second-order valence-electron chi connectivity index (χ2n) is 14.0. The molecule has 0 spiro atoms. The second-order valence-corrected chi connectivity index (χ2v) is 14.0. The first-order chi connectivity index (χ1) is 32.6. The maximum Gasteiger partial charge on any atom is 0.274 e. The van der Waals surface area contributed by atoms with Crippen LogP contribution in [0.4, 0.5) is 39.5 Å². The lowest BCUT2D eigenvalue weighted by molar-refractivity contribution is 0.376. The Bertz CT molecular complexity index is 3860. The molecular weight excluding hydrogens is 908 g/mol. The molecule has 0 radical (unpaired) electrons. The fraction of sp³-hybridized carbons (Fsp3) is 0.0222. The number of benzene rings is 5. The lowest BCUT2D eigenvalue weighted by atomic mass is 10.0. The van der Waals surface area contributed by atoms with Crippen LogP contribution < -0.4 is 32.1 Å². The molecule has 0 aliphatic carbocycles. The molecule has 0 saturated carbocycles. The fourth-order valence-electron chi connectivity index (χ4n) is 7.02. The summed E-state index contributed by atoms with van der Waals surface area (Å²) in [5.41, 5.74) is -7.88. The van der Waals surface area contributed by atoms with Gasteiger partial charge in [0.2, 0.25) is 11.5 Å². The highest BCUT2D eigenvalue weighted by Gasteiger charge is 2.32. The molecule has 23 heteroatoms. The van der Waals surface area contributed by atoms with Gasteiger partial charge in [0.1, 0.15) is 34.5 Å². The maximum absolute atomic E-state index is 15.1. The molecule has 68 heavy (non-hydrogen) atoms. The number of hydrogen-bond donors (Lipinski definition) is 0. The number of rotatable bonds is 5. The van der Waals surface area contributed by atoms with Crippen molar-refractivity contribution in [3.05, 3.63) is 207 Å². The quantitative estimate of drug-likeness (QED) is 0.0705. The van der Waals surface area contributed by atoms with E-state index in [9.17, 15) is 46.5 Å². The van der Waals surface area contributed by atoms with E-state index in [2.05, 4.69) is 54.6 Å². The zero-order valence-electron chi connectivity index (χ0n) is 33.3. The summed E-state index contributed by atoms with van der Waals surface area (Å²) in [6.07, 6.45) is 0. The molecule has 0 fully saturated rings. The summed E-state index contributed by atoms with van der Waals surface area (Å²) >= 11 is 0. The van der Waals surface area contributed by atoms with Gasteiger partial charge in [-0.3, -0.25) is 0 Å². The number of halogens is 9. The van der Waals surface area contributed by atoms with Crippen molar-refractivity contribution in [1.29, 1.82) is 15.8 Å². The second kappa shape index (κ2) is 16.2.